The van der Waals surface area contributed by atoms with Gasteiger partial charge in [-0.15, -0.1) is 0 Å². The van der Waals surface area contributed by atoms with Crippen molar-refractivity contribution in [3.05, 3.63) is 42.0 Å². The first-order chi connectivity index (χ1) is 9.10. The van der Waals surface area contributed by atoms with Crippen LogP contribution >= 0.6 is 20.1 Å². The zero-order valence-electron chi connectivity index (χ0n) is 13.1. The van der Waals surface area contributed by atoms with Crippen molar-refractivity contribution >= 4 is 30.8 Å². The van der Waals surface area contributed by atoms with Crippen LogP contribution in [0.5, 0.6) is 0 Å². The van der Waals surface area contributed by atoms with E-state index in [-0.39, 0.29) is 5.95 Å². The van der Waals surface area contributed by atoms with Crippen molar-refractivity contribution in [2.24, 2.45) is 0 Å². The normalized spacial score (nSPS) is 14.8. The van der Waals surface area contributed by atoms with E-state index in [1.54, 1.807) is 6.07 Å². The molecule has 0 atom stereocenters. The topological polar surface area (TPSA) is 12.9 Å². The van der Waals surface area contributed by atoms with E-state index in [0.717, 1.165) is 11.1 Å². The maximum Gasteiger partial charge on any atom is 0.221 e. The molecular formula is C16H24FNS2. The molecule has 0 N–H and O–H groups in total. The number of aromatic nitrogens is 1. The molecule has 1 aromatic carbocycles. The minimum Gasteiger partial charge on any atom is -0.234 e. The monoisotopic (exact) mass is 313 g/mol. The van der Waals surface area contributed by atoms with Gasteiger partial charge in [0.05, 0.1) is 10.3 Å². The predicted octanol–water partition coefficient (Wildman–Crippen LogP) is 4.76. The summed E-state index contributed by atoms with van der Waals surface area (Å²) in [6.45, 7) is 0. The standard InChI is InChI=1S/C16H24FNS2/c1-19(2,3)16(20(4,5)6)14-11-12-9-7-8-10-13(12)15(17)18-14/h7-11,16H,1-6H3. The minimum absolute atomic E-state index is 0.338. The molecule has 1 aromatic heterocycles. The zero-order chi connectivity index (χ0) is 15.1. The number of hydrogen-bond acceptors (Lipinski definition) is 1. The molecule has 0 aliphatic carbocycles. The van der Waals surface area contributed by atoms with Crippen molar-refractivity contribution in [1.82, 2.24) is 4.98 Å². The van der Waals surface area contributed by atoms with Gasteiger partial charge < -0.3 is 0 Å². The molecule has 0 saturated carbocycles. The van der Waals surface area contributed by atoms with Gasteiger partial charge in [-0.3, -0.25) is 0 Å². The first kappa shape index (κ1) is 15.6. The highest BCUT2D eigenvalue weighted by Crippen LogP contribution is 2.68. The lowest BCUT2D eigenvalue weighted by Crippen LogP contribution is -2.16. The highest BCUT2D eigenvalue weighted by atomic mass is 32.3. The number of fused-ring (bicyclic) bond motifs is 1. The summed E-state index contributed by atoms with van der Waals surface area (Å²) in [7, 11) is -1.71. The number of rotatable bonds is 3. The predicted molar refractivity (Wildman–Crippen MR) is 95.2 cm³/mol. The molecule has 0 radical (unpaired) electrons. The van der Waals surface area contributed by atoms with Crippen LogP contribution in [0.25, 0.3) is 10.8 Å². The average Bonchev–Trinajstić information content (AvgIpc) is 2.25. The van der Waals surface area contributed by atoms with Gasteiger partial charge in [0.25, 0.3) is 0 Å². The van der Waals surface area contributed by atoms with Gasteiger partial charge in [-0.2, -0.15) is 4.39 Å². The molecule has 20 heavy (non-hydrogen) atoms. The van der Waals surface area contributed by atoms with E-state index in [2.05, 4.69) is 48.6 Å². The fraction of sp³-hybridized carbons (Fsp3) is 0.438. The fourth-order valence-electron chi connectivity index (χ4n) is 2.89. The van der Waals surface area contributed by atoms with Crippen LogP contribution in [-0.4, -0.2) is 42.5 Å². The molecule has 0 bridgehead atoms. The van der Waals surface area contributed by atoms with Gasteiger partial charge in [-0.25, -0.2) is 25.0 Å². The summed E-state index contributed by atoms with van der Waals surface area (Å²) < 4.78 is 14.6. The Hall–Kier alpha value is -0.740. The van der Waals surface area contributed by atoms with Crippen LogP contribution in [-0.2, 0) is 0 Å². The number of benzene rings is 1. The molecule has 112 valence electrons. The van der Waals surface area contributed by atoms with Crippen LogP contribution in [0.15, 0.2) is 30.3 Å². The molecule has 1 heterocycles. The highest BCUT2D eigenvalue weighted by Gasteiger charge is 2.32. The van der Waals surface area contributed by atoms with Crippen LogP contribution in [0.1, 0.15) is 10.3 Å². The second-order valence-corrected chi connectivity index (χ2v) is 15.7. The van der Waals surface area contributed by atoms with E-state index in [0.29, 0.717) is 9.97 Å². The maximum atomic E-state index is 14.3. The third kappa shape index (κ3) is 3.12. The van der Waals surface area contributed by atoms with Gasteiger partial charge in [0, 0.05) is 5.39 Å². The van der Waals surface area contributed by atoms with Gasteiger partial charge in [0.15, 0.2) is 0 Å². The number of nitrogens with zero attached hydrogens (tertiary/aromatic N) is 1. The summed E-state index contributed by atoms with van der Waals surface area (Å²) in [5.41, 5.74) is 0.922. The first-order valence-corrected chi connectivity index (χ1v) is 12.3. The minimum atomic E-state index is -0.853. The Morgan fingerprint density at radius 2 is 1.50 bits per heavy atom. The van der Waals surface area contributed by atoms with Gasteiger partial charge in [-0.1, -0.05) is 18.2 Å². The lowest BCUT2D eigenvalue weighted by Gasteiger charge is -2.47. The van der Waals surface area contributed by atoms with E-state index < -0.39 is 20.1 Å². The molecule has 2 aromatic rings. The Morgan fingerprint density at radius 1 is 0.950 bits per heavy atom. The van der Waals surface area contributed by atoms with Gasteiger partial charge in [0.2, 0.25) is 5.95 Å². The quantitative estimate of drug-likeness (QED) is 0.744. The summed E-state index contributed by atoms with van der Waals surface area (Å²) in [5, 5.41) is 1.56. The largest absolute Gasteiger partial charge is 0.234 e. The SMILES string of the molecule is CS(C)(C)C(c1cc2ccccc2c(F)n1)S(C)(C)C. The smallest absolute Gasteiger partial charge is 0.221 e. The fourth-order valence-corrected chi connectivity index (χ4v) is 11.5. The first-order valence-electron chi connectivity index (χ1n) is 6.50. The third-order valence-electron chi connectivity index (χ3n) is 3.24. The lowest BCUT2D eigenvalue weighted by molar-refractivity contribution is 0.592. The van der Waals surface area contributed by atoms with E-state index >= 15 is 0 Å². The zero-order valence-corrected chi connectivity index (χ0v) is 14.7. The van der Waals surface area contributed by atoms with Crippen molar-refractivity contribution in [2.75, 3.05) is 37.5 Å². The van der Waals surface area contributed by atoms with E-state index in [1.807, 2.05) is 18.2 Å². The number of hydrogen-bond donors (Lipinski definition) is 0. The summed E-state index contributed by atoms with van der Waals surface area (Å²) in [4.78, 5) is 4.31. The second kappa shape index (κ2) is 5.23. The van der Waals surface area contributed by atoms with Crippen LogP contribution < -0.4 is 0 Å². The van der Waals surface area contributed by atoms with Crippen molar-refractivity contribution in [1.29, 1.82) is 0 Å². The summed E-state index contributed by atoms with van der Waals surface area (Å²) in [6.07, 6.45) is 13.8. The van der Waals surface area contributed by atoms with E-state index in [1.165, 1.54) is 0 Å². The van der Waals surface area contributed by atoms with Gasteiger partial charge >= 0.3 is 0 Å². The Balaban J connectivity index is 2.66. The molecule has 0 aliphatic rings. The van der Waals surface area contributed by atoms with Crippen molar-refractivity contribution in [2.45, 2.75) is 4.58 Å². The molecule has 0 saturated heterocycles. The molecule has 1 nitrogen and oxygen atoms in total. The van der Waals surface area contributed by atoms with Crippen LogP contribution in [0.3, 0.4) is 0 Å². The molecule has 0 amide bonds. The Morgan fingerprint density at radius 3 is 2.05 bits per heavy atom. The van der Waals surface area contributed by atoms with Gasteiger partial charge in [0.1, 0.15) is 0 Å². The van der Waals surface area contributed by atoms with Crippen LogP contribution in [0, 0.1) is 5.95 Å². The molecule has 0 unspecified atom stereocenters. The Labute approximate surface area is 124 Å². The van der Waals surface area contributed by atoms with E-state index in [4.69, 9.17) is 0 Å². The third-order valence-corrected chi connectivity index (χ3v) is 9.76. The molecular weight excluding hydrogens is 289 g/mol. The lowest BCUT2D eigenvalue weighted by atomic mass is 10.1. The van der Waals surface area contributed by atoms with E-state index in [9.17, 15) is 4.39 Å². The molecule has 4 heteroatoms. The molecule has 0 fully saturated rings. The second-order valence-electron chi connectivity index (χ2n) is 6.75. The Bertz CT molecular complexity index is 612. The van der Waals surface area contributed by atoms with Crippen molar-refractivity contribution < 1.29 is 4.39 Å². The Kier molecular flexibility index (Phi) is 4.09. The van der Waals surface area contributed by atoms with Crippen molar-refractivity contribution in [3.8, 4) is 0 Å². The number of halogens is 1. The highest BCUT2D eigenvalue weighted by molar-refractivity contribution is 8.47. The van der Waals surface area contributed by atoms with Crippen LogP contribution in [0.4, 0.5) is 4.39 Å². The molecule has 0 spiro atoms. The van der Waals surface area contributed by atoms with Gasteiger partial charge in [-0.05, 0) is 55.1 Å². The summed E-state index contributed by atoms with van der Waals surface area (Å²) >= 11 is 0. The van der Waals surface area contributed by atoms with Crippen molar-refractivity contribution in [3.63, 3.8) is 0 Å². The number of pyridine rings is 1. The van der Waals surface area contributed by atoms with Crippen LogP contribution in [0.2, 0.25) is 0 Å². The molecule has 2 rings (SSSR count). The summed E-state index contributed by atoms with van der Waals surface area (Å²) in [6, 6.07) is 9.66. The maximum absolute atomic E-state index is 14.3. The molecule has 0 aliphatic heterocycles. The average molecular weight is 314 g/mol. The summed E-state index contributed by atoms with van der Waals surface area (Å²) in [5.74, 6) is -0.338.